The summed E-state index contributed by atoms with van der Waals surface area (Å²) in [6.07, 6.45) is 0.799. The van der Waals surface area contributed by atoms with Crippen LogP contribution in [0.15, 0.2) is 30.3 Å². The number of carbonyl (C=O) groups is 4. The van der Waals surface area contributed by atoms with Crippen LogP contribution >= 0.6 is 0 Å². The van der Waals surface area contributed by atoms with Gasteiger partial charge >= 0.3 is 5.97 Å². The largest absolute Gasteiger partial charge is 0.480 e. The van der Waals surface area contributed by atoms with Gasteiger partial charge in [-0.3, -0.25) is 14.4 Å². The number of aliphatic carboxylic acids is 1. The maximum atomic E-state index is 13.0. The van der Waals surface area contributed by atoms with Gasteiger partial charge < -0.3 is 26.8 Å². The molecule has 0 fully saturated rings. The van der Waals surface area contributed by atoms with E-state index in [2.05, 4.69) is 16.0 Å². The van der Waals surface area contributed by atoms with E-state index in [4.69, 9.17) is 5.73 Å². The molecule has 0 aliphatic heterocycles. The topological polar surface area (TPSA) is 151 Å². The van der Waals surface area contributed by atoms with Crippen LogP contribution in [0.25, 0.3) is 0 Å². The molecule has 0 aliphatic rings. The van der Waals surface area contributed by atoms with E-state index in [-0.39, 0.29) is 24.8 Å². The van der Waals surface area contributed by atoms with E-state index in [0.717, 1.165) is 5.56 Å². The summed E-state index contributed by atoms with van der Waals surface area (Å²) < 4.78 is 0. The minimum absolute atomic E-state index is 0.219. The van der Waals surface area contributed by atoms with Crippen LogP contribution in [0.1, 0.15) is 39.7 Å². The summed E-state index contributed by atoms with van der Waals surface area (Å²) in [5.74, 6) is -3.34. The molecule has 172 valence electrons. The number of carboxylic acids is 1. The predicted molar refractivity (Wildman–Crippen MR) is 117 cm³/mol. The summed E-state index contributed by atoms with van der Waals surface area (Å²) in [5.41, 5.74) is 6.21. The van der Waals surface area contributed by atoms with Gasteiger partial charge in [-0.2, -0.15) is 0 Å². The number of carbonyl (C=O) groups excluding carboxylic acids is 3. The first-order valence-electron chi connectivity index (χ1n) is 10.5. The molecule has 0 spiro atoms. The van der Waals surface area contributed by atoms with Crippen molar-refractivity contribution >= 4 is 23.7 Å². The van der Waals surface area contributed by atoms with Crippen molar-refractivity contribution in [3.8, 4) is 0 Å². The molecule has 4 atom stereocenters. The Morgan fingerprint density at radius 1 is 0.935 bits per heavy atom. The molecule has 0 aromatic heterocycles. The van der Waals surface area contributed by atoms with E-state index < -0.39 is 41.8 Å². The maximum absolute atomic E-state index is 13.0. The van der Waals surface area contributed by atoms with Gasteiger partial charge in [0.25, 0.3) is 0 Å². The molecule has 3 amide bonds. The van der Waals surface area contributed by atoms with Crippen molar-refractivity contribution in [2.24, 2.45) is 17.6 Å². The van der Waals surface area contributed by atoms with Crippen LogP contribution in [-0.4, -0.2) is 53.5 Å². The normalized spacial score (nSPS) is 14.8. The van der Waals surface area contributed by atoms with Crippen molar-refractivity contribution in [1.29, 1.82) is 0 Å². The molecule has 6 N–H and O–H groups in total. The quantitative estimate of drug-likeness (QED) is 0.322. The first kappa shape index (κ1) is 26.1. The highest BCUT2D eigenvalue weighted by Gasteiger charge is 2.33. The highest BCUT2D eigenvalue weighted by Crippen LogP contribution is 2.11. The van der Waals surface area contributed by atoms with E-state index in [1.807, 2.05) is 37.3 Å². The van der Waals surface area contributed by atoms with Gasteiger partial charge in [-0.05, 0) is 17.4 Å². The Balaban J connectivity index is 3.05. The number of carboxylic acid groups (broad SMARTS) is 1. The number of nitrogens with two attached hydrogens (primary N) is 1. The number of benzene rings is 1. The lowest BCUT2D eigenvalue weighted by Gasteiger charge is -2.28. The van der Waals surface area contributed by atoms with Gasteiger partial charge in [0.15, 0.2) is 0 Å². The summed E-state index contributed by atoms with van der Waals surface area (Å²) in [6, 6.07) is 6.18. The Kier molecular flexibility index (Phi) is 10.7. The number of hydrogen-bond donors (Lipinski definition) is 5. The number of hydrogen-bond acceptors (Lipinski definition) is 5. The molecule has 0 aliphatic carbocycles. The molecular weight excluding hydrogens is 400 g/mol. The number of amides is 3. The second kappa shape index (κ2) is 12.7. The van der Waals surface area contributed by atoms with Crippen molar-refractivity contribution in [3.63, 3.8) is 0 Å². The molecule has 9 nitrogen and oxygen atoms in total. The molecule has 0 bridgehead atoms. The summed E-state index contributed by atoms with van der Waals surface area (Å²) in [5, 5.41) is 17.2. The van der Waals surface area contributed by atoms with Crippen molar-refractivity contribution in [3.05, 3.63) is 35.9 Å². The van der Waals surface area contributed by atoms with Crippen LogP contribution in [0.2, 0.25) is 0 Å². The van der Waals surface area contributed by atoms with Gasteiger partial charge in [0, 0.05) is 6.42 Å². The van der Waals surface area contributed by atoms with Crippen LogP contribution in [-0.2, 0) is 25.6 Å². The first-order valence-corrected chi connectivity index (χ1v) is 10.5. The van der Waals surface area contributed by atoms with Gasteiger partial charge in [0.2, 0.25) is 17.7 Å². The second-order valence-electron chi connectivity index (χ2n) is 7.95. The molecule has 1 rings (SSSR count). The Labute approximate surface area is 183 Å². The fourth-order valence-electron chi connectivity index (χ4n) is 3.02. The zero-order chi connectivity index (χ0) is 23.6. The average Bonchev–Trinajstić information content (AvgIpc) is 2.74. The Morgan fingerprint density at radius 2 is 1.52 bits per heavy atom. The van der Waals surface area contributed by atoms with E-state index in [9.17, 15) is 24.3 Å². The Bertz CT molecular complexity index is 754. The van der Waals surface area contributed by atoms with Crippen molar-refractivity contribution in [2.45, 2.75) is 58.7 Å². The minimum atomic E-state index is -1.14. The Morgan fingerprint density at radius 3 is 2.00 bits per heavy atom. The van der Waals surface area contributed by atoms with Gasteiger partial charge in [-0.15, -0.1) is 0 Å². The molecule has 0 saturated carbocycles. The van der Waals surface area contributed by atoms with E-state index in [1.165, 1.54) is 0 Å². The van der Waals surface area contributed by atoms with Crippen molar-refractivity contribution in [2.75, 3.05) is 6.54 Å². The van der Waals surface area contributed by atoms with Crippen molar-refractivity contribution in [1.82, 2.24) is 16.0 Å². The molecule has 4 unspecified atom stereocenters. The van der Waals surface area contributed by atoms with E-state index in [0.29, 0.717) is 6.42 Å². The summed E-state index contributed by atoms with van der Waals surface area (Å²) in [7, 11) is 0. The van der Waals surface area contributed by atoms with Crippen LogP contribution in [0.5, 0.6) is 0 Å². The van der Waals surface area contributed by atoms with Gasteiger partial charge in [0.05, 0.1) is 6.54 Å². The lowest BCUT2D eigenvalue weighted by Crippen LogP contribution is -2.59. The average molecular weight is 435 g/mol. The number of nitrogens with one attached hydrogen (secondary N) is 3. The zero-order valence-electron chi connectivity index (χ0n) is 18.6. The molecule has 0 heterocycles. The number of rotatable bonds is 12. The molecule has 0 radical (unpaired) electrons. The maximum Gasteiger partial charge on any atom is 0.326 e. The molecule has 1 aromatic rings. The third-order valence-corrected chi connectivity index (χ3v) is 5.14. The second-order valence-corrected chi connectivity index (χ2v) is 7.95. The molecule has 31 heavy (non-hydrogen) atoms. The monoisotopic (exact) mass is 434 g/mol. The molecule has 9 heteroatoms. The summed E-state index contributed by atoms with van der Waals surface area (Å²) >= 11 is 0. The molecule has 0 saturated heterocycles. The Hall–Kier alpha value is -2.94. The first-order chi connectivity index (χ1) is 14.6. The van der Waals surface area contributed by atoms with E-state index >= 15 is 0 Å². The fourth-order valence-corrected chi connectivity index (χ4v) is 3.02. The zero-order valence-corrected chi connectivity index (χ0v) is 18.6. The van der Waals surface area contributed by atoms with Crippen LogP contribution in [0, 0.1) is 11.8 Å². The summed E-state index contributed by atoms with van der Waals surface area (Å²) in [6.45, 7) is 6.76. The van der Waals surface area contributed by atoms with Crippen LogP contribution in [0.3, 0.4) is 0 Å². The highest BCUT2D eigenvalue weighted by atomic mass is 16.4. The van der Waals surface area contributed by atoms with Gasteiger partial charge in [-0.25, -0.2) is 4.79 Å². The smallest absolute Gasteiger partial charge is 0.326 e. The lowest BCUT2D eigenvalue weighted by atomic mass is 9.96. The highest BCUT2D eigenvalue weighted by molar-refractivity contribution is 5.93. The summed E-state index contributed by atoms with van der Waals surface area (Å²) in [4.78, 5) is 49.2. The fraction of sp³-hybridized carbons (Fsp3) is 0.545. The predicted octanol–water partition coefficient (Wildman–Crippen LogP) is 0.429. The van der Waals surface area contributed by atoms with Crippen molar-refractivity contribution < 1.29 is 24.3 Å². The van der Waals surface area contributed by atoms with Crippen LogP contribution < -0.4 is 21.7 Å². The van der Waals surface area contributed by atoms with E-state index in [1.54, 1.807) is 20.8 Å². The SMILES string of the molecule is CCC(C)C(NC(=O)C(Cc1ccccc1)NC(=O)CN)C(=O)NC(C(=O)O)C(C)C. The standard InChI is InChI=1S/C22H34N4O5/c1-5-14(4)19(21(29)25-18(13(2)3)22(30)31)26-20(28)16(24-17(27)12-23)11-15-9-7-6-8-10-15/h6-10,13-14,16,18-19H,5,11-12,23H2,1-4H3,(H,24,27)(H,25,29)(H,26,28)(H,30,31). The third kappa shape index (κ3) is 8.37. The molecule has 1 aromatic carbocycles. The third-order valence-electron chi connectivity index (χ3n) is 5.14. The van der Waals surface area contributed by atoms with Gasteiger partial charge in [-0.1, -0.05) is 64.4 Å². The van der Waals surface area contributed by atoms with Gasteiger partial charge in [0.1, 0.15) is 18.1 Å². The molecular formula is C22H34N4O5. The minimum Gasteiger partial charge on any atom is -0.480 e. The van der Waals surface area contributed by atoms with Crippen LogP contribution in [0.4, 0.5) is 0 Å². The lowest BCUT2D eigenvalue weighted by molar-refractivity contribution is -0.144.